The lowest BCUT2D eigenvalue weighted by Crippen LogP contribution is -2.33. The Labute approximate surface area is 122 Å². The van der Waals surface area contributed by atoms with Gasteiger partial charge in [0.05, 0.1) is 17.0 Å². The highest BCUT2D eigenvalue weighted by molar-refractivity contribution is 5.88. The predicted octanol–water partition coefficient (Wildman–Crippen LogP) is 2.52. The number of benzene rings is 1. The second-order valence-corrected chi connectivity index (χ2v) is 5.27. The monoisotopic (exact) mass is 287 g/mol. The van der Waals surface area contributed by atoms with E-state index in [1.165, 1.54) is 6.20 Å². The maximum Gasteiger partial charge on any atom is 0.329 e. The lowest BCUT2D eigenvalue weighted by atomic mass is 10.0. The van der Waals surface area contributed by atoms with Gasteiger partial charge in [-0.3, -0.25) is 10.1 Å². The third-order valence-corrected chi connectivity index (χ3v) is 3.77. The minimum Gasteiger partial charge on any atom is -0.486 e. The average molecular weight is 287 g/mol. The number of nitrogens with zero attached hydrogens (tertiary/aromatic N) is 2. The molecule has 6 heteroatoms. The first kappa shape index (κ1) is 13.8. The van der Waals surface area contributed by atoms with E-state index in [-0.39, 0.29) is 5.69 Å². The van der Waals surface area contributed by atoms with Crippen LogP contribution in [0, 0.1) is 16.0 Å². The average Bonchev–Trinajstić information content (AvgIpc) is 2.53. The van der Waals surface area contributed by atoms with Crippen LogP contribution in [0.4, 0.5) is 5.69 Å². The third-order valence-electron chi connectivity index (χ3n) is 3.77. The minimum absolute atomic E-state index is 0.0718. The van der Waals surface area contributed by atoms with Crippen LogP contribution in [0.2, 0.25) is 0 Å². The first-order valence-electron chi connectivity index (χ1n) is 7.11. The molecule has 0 radical (unpaired) electrons. The number of pyridine rings is 1. The first-order valence-corrected chi connectivity index (χ1v) is 7.11. The summed E-state index contributed by atoms with van der Waals surface area (Å²) in [4.78, 5) is 14.9. The standard InChI is InChI=1S/C15H17N3O3/c19-18(20)14-9-17-13-6-2-1-5-12(13)15(14)21-10-11-4-3-7-16-8-11/h1-2,5-6,9,11,16H,3-4,7-8,10H2. The third kappa shape index (κ3) is 2.95. The Morgan fingerprint density at radius 1 is 1.43 bits per heavy atom. The molecule has 3 rings (SSSR count). The van der Waals surface area contributed by atoms with Crippen molar-refractivity contribution in [3.05, 3.63) is 40.6 Å². The van der Waals surface area contributed by atoms with Crippen molar-refractivity contribution < 1.29 is 9.66 Å². The molecule has 1 unspecified atom stereocenters. The van der Waals surface area contributed by atoms with Crippen LogP contribution in [0.15, 0.2) is 30.5 Å². The van der Waals surface area contributed by atoms with Crippen molar-refractivity contribution >= 4 is 16.6 Å². The maximum atomic E-state index is 11.2. The summed E-state index contributed by atoms with van der Waals surface area (Å²) in [6.45, 7) is 2.42. The van der Waals surface area contributed by atoms with Crippen molar-refractivity contribution in [2.45, 2.75) is 12.8 Å². The number of ether oxygens (including phenoxy) is 1. The molecule has 1 saturated heterocycles. The van der Waals surface area contributed by atoms with Gasteiger partial charge < -0.3 is 10.1 Å². The summed E-state index contributed by atoms with van der Waals surface area (Å²) in [7, 11) is 0. The molecule has 110 valence electrons. The van der Waals surface area contributed by atoms with E-state index in [1.807, 2.05) is 24.3 Å². The molecule has 2 aromatic rings. The van der Waals surface area contributed by atoms with Crippen LogP contribution in [0.5, 0.6) is 5.75 Å². The number of fused-ring (bicyclic) bond motifs is 1. The number of hydrogen-bond acceptors (Lipinski definition) is 5. The number of hydrogen-bond donors (Lipinski definition) is 1. The van der Waals surface area contributed by atoms with E-state index in [2.05, 4.69) is 10.3 Å². The van der Waals surface area contributed by atoms with Gasteiger partial charge in [-0.05, 0) is 31.5 Å². The number of rotatable bonds is 4. The summed E-state index contributed by atoms with van der Waals surface area (Å²) in [6, 6.07) is 7.33. The second kappa shape index (κ2) is 6.05. The van der Waals surface area contributed by atoms with Gasteiger partial charge in [0.15, 0.2) is 0 Å². The number of piperidine rings is 1. The van der Waals surface area contributed by atoms with Crippen molar-refractivity contribution in [2.24, 2.45) is 5.92 Å². The summed E-state index contributed by atoms with van der Waals surface area (Å²) >= 11 is 0. The molecule has 21 heavy (non-hydrogen) atoms. The summed E-state index contributed by atoms with van der Waals surface area (Å²) in [5.74, 6) is 0.724. The molecule has 1 aliphatic heterocycles. The lowest BCUT2D eigenvalue weighted by Gasteiger charge is -2.22. The summed E-state index contributed by atoms with van der Waals surface area (Å²) in [5, 5.41) is 15.2. The quantitative estimate of drug-likeness (QED) is 0.690. The molecule has 0 spiro atoms. The topological polar surface area (TPSA) is 77.3 Å². The van der Waals surface area contributed by atoms with Crippen LogP contribution < -0.4 is 10.1 Å². The summed E-state index contributed by atoms with van der Waals surface area (Å²) in [5.41, 5.74) is 0.636. The molecule has 1 atom stereocenters. The fraction of sp³-hybridized carbons (Fsp3) is 0.400. The van der Waals surface area contributed by atoms with Gasteiger partial charge in [0, 0.05) is 17.8 Å². The number of aromatic nitrogens is 1. The molecule has 0 bridgehead atoms. The van der Waals surface area contributed by atoms with Gasteiger partial charge in [0.1, 0.15) is 6.20 Å². The largest absolute Gasteiger partial charge is 0.486 e. The van der Waals surface area contributed by atoms with E-state index >= 15 is 0 Å². The zero-order valence-electron chi connectivity index (χ0n) is 11.6. The molecular formula is C15H17N3O3. The van der Waals surface area contributed by atoms with Crippen molar-refractivity contribution in [3.8, 4) is 5.75 Å². The van der Waals surface area contributed by atoms with Gasteiger partial charge in [0.2, 0.25) is 5.75 Å². The van der Waals surface area contributed by atoms with Crippen LogP contribution in [0.1, 0.15) is 12.8 Å². The normalized spacial score (nSPS) is 18.6. The molecule has 1 aliphatic rings. The van der Waals surface area contributed by atoms with Gasteiger partial charge in [-0.1, -0.05) is 12.1 Å². The Bertz CT molecular complexity index is 654. The van der Waals surface area contributed by atoms with Crippen molar-refractivity contribution in [1.82, 2.24) is 10.3 Å². The van der Waals surface area contributed by atoms with Crippen molar-refractivity contribution in [2.75, 3.05) is 19.7 Å². The molecule has 0 saturated carbocycles. The fourth-order valence-electron chi connectivity index (χ4n) is 2.65. The molecule has 1 fully saturated rings. The lowest BCUT2D eigenvalue weighted by molar-refractivity contribution is -0.386. The first-order chi connectivity index (χ1) is 10.3. The van der Waals surface area contributed by atoms with Crippen LogP contribution in [0.3, 0.4) is 0 Å². The summed E-state index contributed by atoms with van der Waals surface area (Å²) < 4.78 is 5.83. The Morgan fingerprint density at radius 3 is 3.05 bits per heavy atom. The van der Waals surface area contributed by atoms with Gasteiger partial charge >= 0.3 is 5.69 Å². The molecular weight excluding hydrogens is 270 g/mol. The van der Waals surface area contributed by atoms with E-state index < -0.39 is 4.92 Å². The smallest absolute Gasteiger partial charge is 0.329 e. The Morgan fingerprint density at radius 2 is 2.29 bits per heavy atom. The minimum atomic E-state index is -0.437. The zero-order valence-corrected chi connectivity index (χ0v) is 11.6. The van der Waals surface area contributed by atoms with Crippen LogP contribution >= 0.6 is 0 Å². The predicted molar refractivity (Wildman–Crippen MR) is 79.5 cm³/mol. The van der Waals surface area contributed by atoms with Gasteiger partial charge in [-0.15, -0.1) is 0 Å². The molecule has 0 amide bonds. The Hall–Kier alpha value is -2.21. The molecule has 2 heterocycles. The number of nitrogens with one attached hydrogen (secondary N) is 1. The molecule has 1 N–H and O–H groups in total. The molecule has 1 aromatic carbocycles. The highest BCUT2D eigenvalue weighted by Gasteiger charge is 2.21. The second-order valence-electron chi connectivity index (χ2n) is 5.27. The SMILES string of the molecule is O=[N+]([O-])c1cnc2ccccc2c1OCC1CCCNC1. The van der Waals surface area contributed by atoms with E-state index in [0.29, 0.717) is 29.2 Å². The number of para-hydroxylation sites is 1. The van der Waals surface area contributed by atoms with E-state index in [1.54, 1.807) is 0 Å². The van der Waals surface area contributed by atoms with E-state index in [9.17, 15) is 10.1 Å². The fourth-order valence-corrected chi connectivity index (χ4v) is 2.65. The maximum absolute atomic E-state index is 11.2. The molecule has 6 nitrogen and oxygen atoms in total. The van der Waals surface area contributed by atoms with E-state index in [4.69, 9.17) is 4.74 Å². The van der Waals surface area contributed by atoms with Gasteiger partial charge in [-0.25, -0.2) is 4.98 Å². The Balaban J connectivity index is 1.90. The zero-order chi connectivity index (χ0) is 14.7. The highest BCUT2D eigenvalue weighted by atomic mass is 16.6. The van der Waals surface area contributed by atoms with Crippen LogP contribution in [-0.2, 0) is 0 Å². The van der Waals surface area contributed by atoms with Crippen LogP contribution in [0.25, 0.3) is 10.9 Å². The Kier molecular flexibility index (Phi) is 3.96. The van der Waals surface area contributed by atoms with Crippen molar-refractivity contribution in [1.29, 1.82) is 0 Å². The number of nitro groups is 1. The van der Waals surface area contributed by atoms with Crippen LogP contribution in [-0.4, -0.2) is 29.6 Å². The van der Waals surface area contributed by atoms with Gasteiger partial charge in [0.25, 0.3) is 0 Å². The molecule has 1 aromatic heterocycles. The summed E-state index contributed by atoms with van der Waals surface area (Å²) in [6.07, 6.45) is 3.48. The van der Waals surface area contributed by atoms with Crippen molar-refractivity contribution in [3.63, 3.8) is 0 Å². The van der Waals surface area contributed by atoms with Gasteiger partial charge in [-0.2, -0.15) is 0 Å². The molecule has 0 aliphatic carbocycles. The van der Waals surface area contributed by atoms with E-state index in [0.717, 1.165) is 25.9 Å². The highest BCUT2D eigenvalue weighted by Crippen LogP contribution is 2.34.